The Morgan fingerprint density at radius 2 is 2.00 bits per heavy atom. The molecule has 2 aromatic rings. The molecule has 2 N–H and O–H groups in total. The summed E-state index contributed by atoms with van der Waals surface area (Å²) in [5, 5.41) is 6.71. The van der Waals surface area contributed by atoms with Gasteiger partial charge in [0, 0.05) is 43.9 Å². The summed E-state index contributed by atoms with van der Waals surface area (Å²) in [6, 6.07) is 10.3. The lowest BCUT2D eigenvalue weighted by atomic mass is 9.85. The number of hydrogen-bond acceptors (Lipinski definition) is 4. The third-order valence-corrected chi connectivity index (χ3v) is 6.29. The van der Waals surface area contributed by atoms with Crippen molar-refractivity contribution in [2.24, 2.45) is 5.92 Å². The molecule has 0 bridgehead atoms. The monoisotopic (exact) mass is 424 g/mol. The molecule has 6 nitrogen and oxygen atoms in total. The second-order valence-electron chi connectivity index (χ2n) is 8.67. The van der Waals surface area contributed by atoms with E-state index in [1.165, 1.54) is 12.1 Å². The highest BCUT2D eigenvalue weighted by Crippen LogP contribution is 2.25. The Kier molecular flexibility index (Phi) is 6.61. The van der Waals surface area contributed by atoms with Gasteiger partial charge in [-0.25, -0.2) is 4.39 Å². The molecule has 2 amide bonds. The molecule has 164 valence electrons. The average molecular weight is 425 g/mol. The number of rotatable bonds is 6. The summed E-state index contributed by atoms with van der Waals surface area (Å²) in [4.78, 5) is 30.1. The van der Waals surface area contributed by atoms with Crippen molar-refractivity contribution in [2.45, 2.75) is 44.7 Å². The second-order valence-corrected chi connectivity index (χ2v) is 8.67. The van der Waals surface area contributed by atoms with Crippen LogP contribution in [-0.4, -0.2) is 53.4 Å². The van der Waals surface area contributed by atoms with Crippen LogP contribution in [0.5, 0.6) is 0 Å². The van der Waals surface area contributed by atoms with E-state index in [-0.39, 0.29) is 23.7 Å². The fourth-order valence-corrected chi connectivity index (χ4v) is 4.42. The van der Waals surface area contributed by atoms with E-state index in [1.807, 2.05) is 4.90 Å². The molecule has 1 saturated heterocycles. The molecule has 1 aliphatic heterocycles. The molecule has 0 radical (unpaired) electrons. The highest BCUT2D eigenvalue weighted by atomic mass is 19.1. The summed E-state index contributed by atoms with van der Waals surface area (Å²) in [6.45, 7) is 4.11. The van der Waals surface area contributed by atoms with Crippen molar-refractivity contribution in [1.29, 1.82) is 0 Å². The van der Waals surface area contributed by atoms with Crippen LogP contribution in [0.4, 0.5) is 4.39 Å². The molecule has 2 fully saturated rings. The number of benzene rings is 1. The van der Waals surface area contributed by atoms with Gasteiger partial charge in [-0.2, -0.15) is 0 Å². The molecule has 7 heteroatoms. The number of hydrogen-bond donors (Lipinski definition) is 2. The van der Waals surface area contributed by atoms with Crippen LogP contribution in [-0.2, 0) is 4.79 Å². The van der Waals surface area contributed by atoms with Crippen molar-refractivity contribution in [1.82, 2.24) is 20.5 Å². The van der Waals surface area contributed by atoms with E-state index in [2.05, 4.69) is 15.6 Å². The van der Waals surface area contributed by atoms with Crippen molar-refractivity contribution in [2.75, 3.05) is 19.6 Å². The molecular weight excluding hydrogens is 395 g/mol. The first kappa shape index (κ1) is 21.4. The number of nitrogens with zero attached hydrogens (tertiary/aromatic N) is 2. The van der Waals surface area contributed by atoms with Gasteiger partial charge in [-0.3, -0.25) is 14.6 Å². The maximum absolute atomic E-state index is 13.4. The standard InChI is InChI=1S/C24H29FN4O2/c1-16(30)29-14-22(15-29)26-12-17-4-2-7-21(10-17)28-24(31)19-8-9-23(27-13-19)18-5-3-6-20(25)11-18/h3,5-6,8-9,11,13,17,21-22,26H,2,4,7,10,12,14-15H2,1H3,(H,28,31)/t17-,21+/m1/s1. The van der Waals surface area contributed by atoms with Gasteiger partial charge >= 0.3 is 0 Å². The van der Waals surface area contributed by atoms with E-state index < -0.39 is 0 Å². The van der Waals surface area contributed by atoms with Crippen LogP contribution >= 0.6 is 0 Å². The van der Waals surface area contributed by atoms with Crippen LogP contribution in [0.25, 0.3) is 11.3 Å². The number of halogens is 1. The van der Waals surface area contributed by atoms with Gasteiger partial charge in [-0.05, 0) is 56.0 Å². The van der Waals surface area contributed by atoms with Crippen molar-refractivity contribution in [3.05, 3.63) is 54.0 Å². The second kappa shape index (κ2) is 9.56. The number of carbonyl (C=O) groups excluding carboxylic acids is 2. The fourth-order valence-electron chi connectivity index (χ4n) is 4.42. The fraction of sp³-hybridized carbons (Fsp3) is 0.458. The third-order valence-electron chi connectivity index (χ3n) is 6.29. The molecule has 1 aromatic carbocycles. The summed E-state index contributed by atoms with van der Waals surface area (Å²) < 4.78 is 13.4. The van der Waals surface area contributed by atoms with E-state index in [0.29, 0.717) is 28.8 Å². The first-order chi connectivity index (χ1) is 15.0. The topological polar surface area (TPSA) is 74.3 Å². The molecule has 0 spiro atoms. The normalized spacial score (nSPS) is 21.4. The lowest BCUT2D eigenvalue weighted by Gasteiger charge is -2.40. The number of aromatic nitrogens is 1. The van der Waals surface area contributed by atoms with Gasteiger partial charge in [-0.15, -0.1) is 0 Å². The van der Waals surface area contributed by atoms with Crippen molar-refractivity contribution in [3.8, 4) is 11.3 Å². The Morgan fingerprint density at radius 3 is 2.71 bits per heavy atom. The molecule has 31 heavy (non-hydrogen) atoms. The molecule has 2 heterocycles. The van der Waals surface area contributed by atoms with Crippen molar-refractivity contribution in [3.63, 3.8) is 0 Å². The first-order valence-corrected chi connectivity index (χ1v) is 11.0. The maximum atomic E-state index is 13.4. The quantitative estimate of drug-likeness (QED) is 0.748. The van der Waals surface area contributed by atoms with Gasteiger partial charge in [-0.1, -0.05) is 18.6 Å². The Bertz CT molecular complexity index is 927. The van der Waals surface area contributed by atoms with Gasteiger partial charge < -0.3 is 15.5 Å². The lowest BCUT2D eigenvalue weighted by molar-refractivity contribution is -0.133. The van der Waals surface area contributed by atoms with Crippen LogP contribution in [0.3, 0.4) is 0 Å². The zero-order valence-electron chi connectivity index (χ0n) is 17.8. The minimum Gasteiger partial charge on any atom is -0.349 e. The highest BCUT2D eigenvalue weighted by molar-refractivity contribution is 5.94. The molecule has 2 aliphatic rings. The van der Waals surface area contributed by atoms with Gasteiger partial charge in [0.25, 0.3) is 5.91 Å². The van der Waals surface area contributed by atoms with Crippen LogP contribution in [0.2, 0.25) is 0 Å². The molecule has 1 saturated carbocycles. The summed E-state index contributed by atoms with van der Waals surface area (Å²) in [6.07, 6.45) is 5.74. The zero-order chi connectivity index (χ0) is 21.8. The maximum Gasteiger partial charge on any atom is 0.253 e. The zero-order valence-corrected chi connectivity index (χ0v) is 17.8. The number of pyridine rings is 1. The predicted molar refractivity (Wildman–Crippen MR) is 117 cm³/mol. The Hall–Kier alpha value is -2.80. The summed E-state index contributed by atoms with van der Waals surface area (Å²) in [5.74, 6) is 0.236. The van der Waals surface area contributed by atoms with Gasteiger partial charge in [0.2, 0.25) is 5.91 Å². The minimum atomic E-state index is -0.309. The predicted octanol–water partition coefficient (Wildman–Crippen LogP) is 3.00. The van der Waals surface area contributed by atoms with E-state index in [9.17, 15) is 14.0 Å². The molecule has 1 aromatic heterocycles. The largest absolute Gasteiger partial charge is 0.349 e. The Balaban J connectivity index is 1.26. The Morgan fingerprint density at radius 1 is 1.16 bits per heavy atom. The van der Waals surface area contributed by atoms with Gasteiger partial charge in [0.05, 0.1) is 11.3 Å². The Labute approximate surface area is 182 Å². The SMILES string of the molecule is CC(=O)N1CC(NC[C@@H]2CCC[C@H](NC(=O)c3ccc(-c4cccc(F)c4)nc3)C2)C1. The summed E-state index contributed by atoms with van der Waals surface area (Å²) >= 11 is 0. The van der Waals surface area contributed by atoms with E-state index in [4.69, 9.17) is 0 Å². The highest BCUT2D eigenvalue weighted by Gasteiger charge is 2.30. The van der Waals surface area contributed by atoms with E-state index in [0.717, 1.165) is 45.3 Å². The average Bonchev–Trinajstić information content (AvgIpc) is 2.73. The number of nitrogens with one attached hydrogen (secondary N) is 2. The van der Waals surface area contributed by atoms with Crippen molar-refractivity contribution < 1.29 is 14.0 Å². The molecule has 1 aliphatic carbocycles. The van der Waals surface area contributed by atoms with E-state index >= 15 is 0 Å². The number of likely N-dealkylation sites (tertiary alicyclic amines) is 1. The van der Waals surface area contributed by atoms with Crippen molar-refractivity contribution >= 4 is 11.8 Å². The third kappa shape index (κ3) is 5.47. The number of carbonyl (C=O) groups is 2. The van der Waals surface area contributed by atoms with Crippen LogP contribution in [0.1, 0.15) is 43.0 Å². The molecule has 0 unspecified atom stereocenters. The van der Waals surface area contributed by atoms with Crippen LogP contribution in [0.15, 0.2) is 42.6 Å². The first-order valence-electron chi connectivity index (χ1n) is 11.0. The van der Waals surface area contributed by atoms with Crippen LogP contribution < -0.4 is 10.6 Å². The smallest absolute Gasteiger partial charge is 0.253 e. The summed E-state index contributed by atoms with van der Waals surface area (Å²) in [7, 11) is 0. The van der Waals surface area contributed by atoms with Crippen LogP contribution in [0, 0.1) is 11.7 Å². The lowest BCUT2D eigenvalue weighted by Crippen LogP contribution is -2.60. The molecule has 2 atom stereocenters. The summed E-state index contributed by atoms with van der Waals surface area (Å²) in [5.41, 5.74) is 1.84. The van der Waals surface area contributed by atoms with E-state index in [1.54, 1.807) is 37.4 Å². The minimum absolute atomic E-state index is 0.118. The van der Waals surface area contributed by atoms with Gasteiger partial charge in [0.15, 0.2) is 0 Å². The van der Waals surface area contributed by atoms with Gasteiger partial charge in [0.1, 0.15) is 5.82 Å². The molecular formula is C24H29FN4O2. The molecule has 4 rings (SSSR count). The number of amides is 2.